The Labute approximate surface area is 117 Å². The lowest BCUT2D eigenvalue weighted by molar-refractivity contribution is 0.365. The molecular formula is C14H21N3OS. The van der Waals surface area contributed by atoms with Gasteiger partial charge in [0.25, 0.3) is 0 Å². The first kappa shape index (κ1) is 12.9. The number of methoxy groups -OCH3 is 1. The number of thiazole rings is 1. The Morgan fingerprint density at radius 2 is 2.32 bits per heavy atom. The van der Waals surface area contributed by atoms with Gasteiger partial charge >= 0.3 is 0 Å². The molecule has 0 radical (unpaired) electrons. The molecule has 1 fully saturated rings. The van der Waals surface area contributed by atoms with Gasteiger partial charge in [0.05, 0.1) is 7.11 Å². The van der Waals surface area contributed by atoms with Crippen molar-refractivity contribution in [2.75, 3.05) is 7.11 Å². The van der Waals surface area contributed by atoms with Gasteiger partial charge in [-0.3, -0.25) is 4.40 Å². The second-order valence-corrected chi connectivity index (χ2v) is 6.21. The van der Waals surface area contributed by atoms with Crippen LogP contribution in [0.2, 0.25) is 0 Å². The van der Waals surface area contributed by atoms with Gasteiger partial charge in [0.15, 0.2) is 4.96 Å². The van der Waals surface area contributed by atoms with E-state index in [2.05, 4.69) is 33.2 Å². The lowest BCUT2D eigenvalue weighted by Gasteiger charge is -2.20. The van der Waals surface area contributed by atoms with Crippen molar-refractivity contribution in [2.45, 2.75) is 45.2 Å². The largest absolute Gasteiger partial charge is 0.480 e. The monoisotopic (exact) mass is 279 g/mol. The van der Waals surface area contributed by atoms with Crippen LogP contribution >= 0.6 is 11.3 Å². The average molecular weight is 279 g/mol. The van der Waals surface area contributed by atoms with E-state index in [1.165, 1.54) is 25.7 Å². The Morgan fingerprint density at radius 1 is 1.53 bits per heavy atom. The number of ether oxygens (including phenoxy) is 1. The minimum atomic E-state index is 0.566. The molecule has 2 aromatic rings. The van der Waals surface area contributed by atoms with Crippen LogP contribution < -0.4 is 10.1 Å². The van der Waals surface area contributed by atoms with Crippen LogP contribution in [0, 0.1) is 5.92 Å². The van der Waals surface area contributed by atoms with Crippen molar-refractivity contribution in [3.63, 3.8) is 0 Å². The summed E-state index contributed by atoms with van der Waals surface area (Å²) in [6, 6.07) is 0.566. The number of fused-ring (bicyclic) bond motifs is 1. The quantitative estimate of drug-likeness (QED) is 0.914. The summed E-state index contributed by atoms with van der Waals surface area (Å²) >= 11 is 1.64. The van der Waals surface area contributed by atoms with Crippen LogP contribution in [0.5, 0.6) is 5.88 Å². The first-order valence-electron chi connectivity index (χ1n) is 7.01. The number of rotatable bonds is 5. The summed E-state index contributed by atoms with van der Waals surface area (Å²) in [6.07, 6.45) is 7.58. The van der Waals surface area contributed by atoms with Crippen molar-refractivity contribution in [1.29, 1.82) is 0 Å². The number of hydrogen-bond donors (Lipinski definition) is 1. The summed E-state index contributed by atoms with van der Waals surface area (Å²) in [4.78, 5) is 5.49. The number of imidazole rings is 1. The Morgan fingerprint density at radius 3 is 3.05 bits per heavy atom. The molecule has 0 aliphatic heterocycles. The molecule has 2 aromatic heterocycles. The van der Waals surface area contributed by atoms with E-state index in [4.69, 9.17) is 4.74 Å². The number of aromatic nitrogens is 2. The average Bonchev–Trinajstić information content (AvgIpc) is 3.12. The molecule has 0 bridgehead atoms. The van der Waals surface area contributed by atoms with E-state index >= 15 is 0 Å². The molecule has 19 heavy (non-hydrogen) atoms. The smallest absolute Gasteiger partial charge is 0.237 e. The number of hydrogen-bond acceptors (Lipinski definition) is 4. The van der Waals surface area contributed by atoms with Crippen molar-refractivity contribution < 1.29 is 4.74 Å². The molecule has 104 valence electrons. The van der Waals surface area contributed by atoms with E-state index in [9.17, 15) is 0 Å². The molecule has 3 rings (SSSR count). The molecule has 1 aliphatic carbocycles. The highest BCUT2D eigenvalue weighted by atomic mass is 32.1. The summed E-state index contributed by atoms with van der Waals surface area (Å²) in [6.45, 7) is 3.12. The van der Waals surface area contributed by atoms with E-state index in [0.29, 0.717) is 6.04 Å². The number of nitrogens with one attached hydrogen (secondary N) is 1. The van der Waals surface area contributed by atoms with Gasteiger partial charge in [0.2, 0.25) is 5.88 Å². The van der Waals surface area contributed by atoms with Crippen LogP contribution in [0.1, 0.15) is 38.3 Å². The van der Waals surface area contributed by atoms with E-state index in [1.54, 1.807) is 18.4 Å². The molecule has 1 atom stereocenters. The number of nitrogens with zero attached hydrogens (tertiary/aromatic N) is 2. The van der Waals surface area contributed by atoms with E-state index in [-0.39, 0.29) is 0 Å². The maximum Gasteiger partial charge on any atom is 0.237 e. The second kappa shape index (κ2) is 5.51. The molecule has 1 N–H and O–H groups in total. The van der Waals surface area contributed by atoms with Crippen LogP contribution in [-0.2, 0) is 6.54 Å². The van der Waals surface area contributed by atoms with Gasteiger partial charge in [-0.05, 0) is 25.7 Å². The van der Waals surface area contributed by atoms with Gasteiger partial charge in [-0.2, -0.15) is 4.98 Å². The van der Waals surface area contributed by atoms with Crippen molar-refractivity contribution in [3.05, 3.63) is 17.3 Å². The molecule has 4 nitrogen and oxygen atoms in total. The molecule has 5 heteroatoms. The van der Waals surface area contributed by atoms with Gasteiger partial charge in [-0.1, -0.05) is 12.8 Å². The third kappa shape index (κ3) is 2.49. The first-order valence-corrected chi connectivity index (χ1v) is 7.89. The van der Waals surface area contributed by atoms with Crippen molar-refractivity contribution in [1.82, 2.24) is 14.7 Å². The zero-order chi connectivity index (χ0) is 13.2. The van der Waals surface area contributed by atoms with Gasteiger partial charge < -0.3 is 10.1 Å². The summed E-state index contributed by atoms with van der Waals surface area (Å²) in [5.41, 5.74) is 1.13. The van der Waals surface area contributed by atoms with E-state index in [0.717, 1.165) is 29.0 Å². The molecule has 1 saturated carbocycles. The highest BCUT2D eigenvalue weighted by Gasteiger charge is 2.22. The Balaban J connectivity index is 1.71. The van der Waals surface area contributed by atoms with Gasteiger partial charge in [0.1, 0.15) is 5.69 Å². The first-order chi connectivity index (χ1) is 9.29. The molecule has 0 amide bonds. The summed E-state index contributed by atoms with van der Waals surface area (Å²) in [5.74, 6) is 1.58. The second-order valence-electron chi connectivity index (χ2n) is 5.34. The van der Waals surface area contributed by atoms with Crippen LogP contribution in [0.3, 0.4) is 0 Å². The SMILES string of the molecule is COc1nc2sccn2c1CN[C@H](C)C1CCCC1. The van der Waals surface area contributed by atoms with E-state index in [1.807, 2.05) is 0 Å². The fourth-order valence-corrected chi connectivity index (χ4v) is 3.74. The fraction of sp³-hybridized carbons (Fsp3) is 0.643. The van der Waals surface area contributed by atoms with Crippen LogP contribution in [0.4, 0.5) is 0 Å². The lowest BCUT2D eigenvalue weighted by Crippen LogP contribution is -2.32. The lowest BCUT2D eigenvalue weighted by atomic mass is 10.00. The van der Waals surface area contributed by atoms with Crippen molar-refractivity contribution >= 4 is 16.3 Å². The minimum absolute atomic E-state index is 0.566. The predicted octanol–water partition coefficient (Wildman–Crippen LogP) is 3.07. The zero-order valence-corrected chi connectivity index (χ0v) is 12.4. The third-order valence-electron chi connectivity index (χ3n) is 4.22. The highest BCUT2D eigenvalue weighted by molar-refractivity contribution is 7.15. The van der Waals surface area contributed by atoms with Crippen LogP contribution in [0.15, 0.2) is 11.6 Å². The maximum atomic E-state index is 5.38. The van der Waals surface area contributed by atoms with Gasteiger partial charge in [0, 0.05) is 24.2 Å². The molecule has 2 heterocycles. The summed E-state index contributed by atoms with van der Waals surface area (Å²) in [5, 5.41) is 5.71. The highest BCUT2D eigenvalue weighted by Crippen LogP contribution is 2.28. The molecule has 0 aromatic carbocycles. The maximum absolute atomic E-state index is 5.38. The Kier molecular flexibility index (Phi) is 3.75. The van der Waals surface area contributed by atoms with Gasteiger partial charge in [-0.15, -0.1) is 11.3 Å². The van der Waals surface area contributed by atoms with Crippen molar-refractivity contribution in [2.24, 2.45) is 5.92 Å². The molecule has 0 saturated heterocycles. The zero-order valence-electron chi connectivity index (χ0n) is 11.6. The molecule has 1 aliphatic rings. The Hall–Kier alpha value is -1.07. The fourth-order valence-electron chi connectivity index (χ4n) is 3.02. The summed E-state index contributed by atoms with van der Waals surface area (Å²) in [7, 11) is 1.69. The van der Waals surface area contributed by atoms with E-state index < -0.39 is 0 Å². The topological polar surface area (TPSA) is 38.6 Å². The van der Waals surface area contributed by atoms with Crippen molar-refractivity contribution in [3.8, 4) is 5.88 Å². The Bertz CT molecular complexity index is 542. The van der Waals surface area contributed by atoms with Crippen LogP contribution in [-0.4, -0.2) is 22.5 Å². The molecular weight excluding hydrogens is 258 g/mol. The van der Waals surface area contributed by atoms with Crippen LogP contribution in [0.25, 0.3) is 4.96 Å². The van der Waals surface area contributed by atoms with Gasteiger partial charge in [-0.25, -0.2) is 0 Å². The molecule has 0 spiro atoms. The normalized spacial score (nSPS) is 18.2. The molecule has 0 unspecified atom stereocenters. The standard InChI is InChI=1S/C14H21N3OS/c1-10(11-5-3-4-6-11)15-9-12-13(18-2)16-14-17(12)7-8-19-14/h7-8,10-11,15H,3-6,9H2,1-2H3/t10-/m1/s1. The summed E-state index contributed by atoms with van der Waals surface area (Å²) < 4.78 is 7.50. The predicted molar refractivity (Wildman–Crippen MR) is 77.9 cm³/mol. The minimum Gasteiger partial charge on any atom is -0.480 e. The third-order valence-corrected chi connectivity index (χ3v) is 4.97.